The number of halogens is 3. The lowest BCUT2D eigenvalue weighted by atomic mass is 9.94. The van der Waals surface area contributed by atoms with Gasteiger partial charge >= 0.3 is 6.18 Å². The van der Waals surface area contributed by atoms with Crippen molar-refractivity contribution in [2.75, 3.05) is 7.11 Å². The second kappa shape index (κ2) is 5.30. The Kier molecular flexibility index (Phi) is 3.58. The van der Waals surface area contributed by atoms with Gasteiger partial charge in [-0.15, -0.1) is 0 Å². The molecule has 1 aliphatic rings. The van der Waals surface area contributed by atoms with Crippen molar-refractivity contribution >= 4 is 10.9 Å². The molecule has 0 N–H and O–H groups in total. The van der Waals surface area contributed by atoms with Crippen molar-refractivity contribution in [3.63, 3.8) is 0 Å². The van der Waals surface area contributed by atoms with E-state index in [9.17, 15) is 18.0 Å². The van der Waals surface area contributed by atoms with Gasteiger partial charge in [0, 0.05) is 12.5 Å². The molecule has 0 radical (unpaired) electrons. The van der Waals surface area contributed by atoms with Crippen LogP contribution in [0, 0.1) is 0 Å². The Morgan fingerprint density at radius 2 is 2.18 bits per heavy atom. The normalized spacial score (nSPS) is 18.3. The van der Waals surface area contributed by atoms with Gasteiger partial charge < -0.3 is 4.74 Å². The first-order valence-corrected chi connectivity index (χ1v) is 7.04. The minimum absolute atomic E-state index is 0.242. The molecule has 0 saturated heterocycles. The third-order valence-corrected chi connectivity index (χ3v) is 3.97. The molecule has 0 spiro atoms. The zero-order chi connectivity index (χ0) is 15.9. The van der Waals surface area contributed by atoms with E-state index in [0.29, 0.717) is 36.0 Å². The number of hydrogen-bond donors (Lipinski definition) is 0. The SMILES string of the molecule is COc1ccc2nc3n(c(=O)c2c1)CCCC3CC(F)(F)F. The highest BCUT2D eigenvalue weighted by atomic mass is 19.4. The minimum atomic E-state index is -4.26. The van der Waals surface area contributed by atoms with Gasteiger partial charge in [-0.3, -0.25) is 9.36 Å². The maximum atomic E-state index is 12.7. The maximum absolute atomic E-state index is 12.7. The number of ether oxygens (including phenoxy) is 1. The van der Waals surface area contributed by atoms with Crippen LogP contribution in [0.5, 0.6) is 5.75 Å². The number of alkyl halides is 3. The third kappa shape index (κ3) is 2.67. The number of aromatic nitrogens is 2. The molecule has 1 atom stereocenters. The summed E-state index contributed by atoms with van der Waals surface area (Å²) in [4.78, 5) is 16.9. The van der Waals surface area contributed by atoms with Crippen LogP contribution in [0.4, 0.5) is 13.2 Å². The van der Waals surface area contributed by atoms with Crippen LogP contribution >= 0.6 is 0 Å². The monoisotopic (exact) mass is 312 g/mol. The first-order chi connectivity index (χ1) is 10.4. The molecule has 1 aromatic heterocycles. The highest BCUT2D eigenvalue weighted by Gasteiger charge is 2.36. The molecule has 22 heavy (non-hydrogen) atoms. The molecule has 118 valence electrons. The topological polar surface area (TPSA) is 44.1 Å². The van der Waals surface area contributed by atoms with Gasteiger partial charge in [0.25, 0.3) is 5.56 Å². The van der Waals surface area contributed by atoms with Crippen LogP contribution in [0.25, 0.3) is 10.9 Å². The lowest BCUT2D eigenvalue weighted by Gasteiger charge is -2.26. The van der Waals surface area contributed by atoms with E-state index >= 15 is 0 Å². The van der Waals surface area contributed by atoms with Crippen LogP contribution in [0.3, 0.4) is 0 Å². The summed E-state index contributed by atoms with van der Waals surface area (Å²) in [6, 6.07) is 4.83. The fraction of sp³-hybridized carbons (Fsp3) is 0.467. The van der Waals surface area contributed by atoms with Gasteiger partial charge in [-0.1, -0.05) is 0 Å². The van der Waals surface area contributed by atoms with E-state index < -0.39 is 18.5 Å². The fourth-order valence-electron chi connectivity index (χ4n) is 2.97. The smallest absolute Gasteiger partial charge is 0.389 e. The molecule has 7 heteroatoms. The Hall–Kier alpha value is -2.05. The molecule has 0 amide bonds. The van der Waals surface area contributed by atoms with Crippen molar-refractivity contribution in [3.05, 3.63) is 34.4 Å². The molecule has 0 fully saturated rings. The van der Waals surface area contributed by atoms with Crippen molar-refractivity contribution < 1.29 is 17.9 Å². The average molecular weight is 312 g/mol. The number of rotatable bonds is 2. The third-order valence-electron chi connectivity index (χ3n) is 3.97. The number of nitrogens with zero attached hydrogens (tertiary/aromatic N) is 2. The van der Waals surface area contributed by atoms with Crippen LogP contribution in [0.15, 0.2) is 23.0 Å². The van der Waals surface area contributed by atoms with Gasteiger partial charge in [-0.25, -0.2) is 4.98 Å². The minimum Gasteiger partial charge on any atom is -0.497 e. The summed E-state index contributed by atoms with van der Waals surface area (Å²) >= 11 is 0. The van der Waals surface area contributed by atoms with Crippen molar-refractivity contribution in [2.24, 2.45) is 0 Å². The molecule has 1 aliphatic heterocycles. The van der Waals surface area contributed by atoms with E-state index in [1.165, 1.54) is 11.7 Å². The standard InChI is InChI=1S/C15H15F3N2O2/c1-22-10-4-5-12-11(7-10)14(21)20-6-2-3-9(13(20)19-12)8-15(16,17)18/h4-5,7,9H,2-3,6,8H2,1H3. The molecule has 3 rings (SSSR count). The molecule has 0 aliphatic carbocycles. The van der Waals surface area contributed by atoms with Gasteiger partial charge in [0.2, 0.25) is 0 Å². The highest BCUT2D eigenvalue weighted by molar-refractivity contribution is 5.79. The summed E-state index contributed by atoms with van der Waals surface area (Å²) in [6.45, 7) is 0.405. The van der Waals surface area contributed by atoms with Crippen LogP contribution < -0.4 is 10.3 Å². The summed E-state index contributed by atoms with van der Waals surface area (Å²) < 4.78 is 44.6. The van der Waals surface area contributed by atoms with E-state index in [-0.39, 0.29) is 11.4 Å². The lowest BCUT2D eigenvalue weighted by Crippen LogP contribution is -2.32. The predicted molar refractivity (Wildman–Crippen MR) is 75.2 cm³/mol. The Bertz CT molecular complexity index is 768. The molecular weight excluding hydrogens is 297 g/mol. The average Bonchev–Trinajstić information content (AvgIpc) is 2.47. The van der Waals surface area contributed by atoms with Gasteiger partial charge in [0.15, 0.2) is 0 Å². The van der Waals surface area contributed by atoms with E-state index in [1.54, 1.807) is 18.2 Å². The first kappa shape index (κ1) is 14.9. The summed E-state index contributed by atoms with van der Waals surface area (Å²) in [5.41, 5.74) is 0.108. The van der Waals surface area contributed by atoms with Crippen LogP contribution in [-0.2, 0) is 6.54 Å². The van der Waals surface area contributed by atoms with Gasteiger partial charge in [-0.2, -0.15) is 13.2 Å². The first-order valence-electron chi connectivity index (χ1n) is 7.04. The molecular formula is C15H15F3N2O2. The van der Waals surface area contributed by atoms with Crippen molar-refractivity contribution in [1.82, 2.24) is 9.55 Å². The van der Waals surface area contributed by atoms with Crippen molar-refractivity contribution in [3.8, 4) is 5.75 Å². The Balaban J connectivity index is 2.15. The van der Waals surface area contributed by atoms with Gasteiger partial charge in [-0.05, 0) is 31.0 Å². The second-order valence-corrected chi connectivity index (χ2v) is 5.47. The van der Waals surface area contributed by atoms with Crippen LogP contribution in [0.2, 0.25) is 0 Å². The zero-order valence-electron chi connectivity index (χ0n) is 12.0. The largest absolute Gasteiger partial charge is 0.497 e. The van der Waals surface area contributed by atoms with E-state index in [1.807, 2.05) is 0 Å². The van der Waals surface area contributed by atoms with E-state index in [4.69, 9.17) is 4.74 Å². The van der Waals surface area contributed by atoms with E-state index in [2.05, 4.69) is 4.98 Å². The molecule has 2 heterocycles. The van der Waals surface area contributed by atoms with Crippen molar-refractivity contribution in [1.29, 1.82) is 0 Å². The summed E-state index contributed by atoms with van der Waals surface area (Å²) in [7, 11) is 1.49. The predicted octanol–water partition coefficient (Wildman–Crippen LogP) is 3.23. The number of methoxy groups -OCH3 is 1. The fourth-order valence-corrected chi connectivity index (χ4v) is 2.97. The van der Waals surface area contributed by atoms with Crippen molar-refractivity contribution in [2.45, 2.75) is 37.9 Å². The maximum Gasteiger partial charge on any atom is 0.389 e. The quantitative estimate of drug-likeness (QED) is 0.855. The lowest BCUT2D eigenvalue weighted by molar-refractivity contribution is -0.140. The summed E-state index contributed by atoms with van der Waals surface area (Å²) in [5.74, 6) is 0.00814. The number of fused-ring (bicyclic) bond motifs is 2. The van der Waals surface area contributed by atoms with Crippen LogP contribution in [0.1, 0.15) is 31.0 Å². The Morgan fingerprint density at radius 1 is 1.41 bits per heavy atom. The second-order valence-electron chi connectivity index (χ2n) is 5.47. The molecule has 0 saturated carbocycles. The van der Waals surface area contributed by atoms with E-state index in [0.717, 1.165) is 0 Å². The Morgan fingerprint density at radius 3 is 2.86 bits per heavy atom. The Labute approximate surface area is 124 Å². The van der Waals surface area contributed by atoms with Gasteiger partial charge in [0.05, 0.1) is 24.4 Å². The molecule has 4 nitrogen and oxygen atoms in total. The molecule has 2 aromatic rings. The highest BCUT2D eigenvalue weighted by Crippen LogP contribution is 2.36. The molecule has 1 aromatic carbocycles. The van der Waals surface area contributed by atoms with Crippen LogP contribution in [-0.4, -0.2) is 22.8 Å². The zero-order valence-corrected chi connectivity index (χ0v) is 12.0. The van der Waals surface area contributed by atoms with Gasteiger partial charge in [0.1, 0.15) is 11.6 Å². The number of hydrogen-bond acceptors (Lipinski definition) is 3. The molecule has 1 unspecified atom stereocenters. The summed E-state index contributed by atoms with van der Waals surface area (Å²) in [6.07, 6.45) is -4.26. The number of benzene rings is 1. The molecule has 0 bridgehead atoms. The summed E-state index contributed by atoms with van der Waals surface area (Å²) in [5, 5.41) is 0.371.